The van der Waals surface area contributed by atoms with Crippen LogP contribution < -0.4 is 0 Å². The molecular weight excluding hydrogens is 759 g/mol. The third kappa shape index (κ3) is 16.6. The van der Waals surface area contributed by atoms with E-state index >= 15 is 0 Å². The first-order valence-electron chi connectivity index (χ1n) is 28.1. The molecule has 4 nitrogen and oxygen atoms in total. The van der Waals surface area contributed by atoms with Crippen molar-refractivity contribution >= 4 is 0 Å². The van der Waals surface area contributed by atoms with E-state index in [1.807, 2.05) is 0 Å². The molecule has 360 valence electrons. The fourth-order valence-electron chi connectivity index (χ4n) is 14.0. The van der Waals surface area contributed by atoms with Crippen molar-refractivity contribution < 1.29 is 14.2 Å². The molecule has 3 saturated carbocycles. The van der Waals surface area contributed by atoms with Crippen molar-refractivity contribution in [1.82, 2.24) is 4.90 Å². The highest BCUT2D eigenvalue weighted by Gasteiger charge is 2.59. The summed E-state index contributed by atoms with van der Waals surface area (Å²) in [6.45, 7) is 21.9. The molecule has 0 aromatic carbocycles. The van der Waals surface area contributed by atoms with Gasteiger partial charge in [0.25, 0.3) is 0 Å². The van der Waals surface area contributed by atoms with E-state index in [1.54, 1.807) is 5.57 Å². The number of fused-ring (bicyclic) bond motifs is 5. The molecular formula is C58H105NO3. The lowest BCUT2D eigenvalue weighted by Crippen LogP contribution is -2.51. The third-order valence-electron chi connectivity index (χ3n) is 17.9. The first-order chi connectivity index (χ1) is 30.3. The van der Waals surface area contributed by atoms with Crippen LogP contribution in [-0.2, 0) is 14.2 Å². The lowest BCUT2D eigenvalue weighted by molar-refractivity contribution is -0.0641. The Balaban J connectivity index is 0.863. The van der Waals surface area contributed by atoms with Gasteiger partial charge in [-0.1, -0.05) is 155 Å². The second-order valence-electron chi connectivity index (χ2n) is 22.9. The maximum Gasteiger partial charge on any atom is 0.0644 e. The van der Waals surface area contributed by atoms with Crippen molar-refractivity contribution in [3.8, 4) is 0 Å². The second-order valence-corrected chi connectivity index (χ2v) is 22.9. The van der Waals surface area contributed by atoms with E-state index < -0.39 is 0 Å². The maximum atomic E-state index is 6.62. The van der Waals surface area contributed by atoms with Gasteiger partial charge in [-0.25, -0.2) is 0 Å². The quantitative estimate of drug-likeness (QED) is 0.0476. The van der Waals surface area contributed by atoms with Crippen LogP contribution in [0.25, 0.3) is 0 Å². The molecule has 1 heterocycles. The maximum absolute atomic E-state index is 6.62. The highest BCUT2D eigenvalue weighted by molar-refractivity contribution is 5.25. The van der Waals surface area contributed by atoms with E-state index in [0.717, 1.165) is 75.0 Å². The van der Waals surface area contributed by atoms with E-state index in [0.29, 0.717) is 23.0 Å². The molecule has 4 fully saturated rings. The van der Waals surface area contributed by atoms with Gasteiger partial charge in [-0.05, 0) is 169 Å². The first-order valence-corrected chi connectivity index (χ1v) is 28.1. The van der Waals surface area contributed by atoms with Crippen LogP contribution in [0, 0.1) is 46.3 Å². The summed E-state index contributed by atoms with van der Waals surface area (Å²) in [5, 5.41) is 0. The van der Waals surface area contributed by atoms with Crippen molar-refractivity contribution in [3.05, 3.63) is 23.8 Å². The van der Waals surface area contributed by atoms with Gasteiger partial charge in [0.15, 0.2) is 0 Å². The number of rotatable bonds is 34. The number of nitrogens with zero attached hydrogens (tertiary/aromatic N) is 1. The molecule has 0 spiro atoms. The fourth-order valence-corrected chi connectivity index (χ4v) is 14.0. The summed E-state index contributed by atoms with van der Waals surface area (Å²) in [6, 6.07) is 0.425. The molecule has 1 aliphatic heterocycles. The van der Waals surface area contributed by atoms with Gasteiger partial charge < -0.3 is 14.2 Å². The Morgan fingerprint density at radius 1 is 0.661 bits per heavy atom. The summed E-state index contributed by atoms with van der Waals surface area (Å²) >= 11 is 0. The standard InChI is InChI=1S/C58H105NO3/c1-7-8-9-10-11-12-13-14-15-16-17-18-19-20-21-26-42-60-46-51(59-40-24-25-41-59)47-61-43-27-22-23-28-44-62-52-36-38-57(5)50(45-52)32-33-53-55-35-34-54(49(4)31-29-30-48(2)3)58(55,6)39-37-56(53)57/h14-15,32,48-49,51-56H,7-13,16-31,33-47H2,1-6H3/b15-14-/t49-,51-,52+,53+,54-,55+,56+,57+,58-/m1/s1. The molecule has 4 heteroatoms. The largest absolute Gasteiger partial charge is 0.380 e. The van der Waals surface area contributed by atoms with E-state index in [1.165, 1.54) is 206 Å². The van der Waals surface area contributed by atoms with Crippen LogP contribution in [0.4, 0.5) is 0 Å². The molecule has 9 atom stereocenters. The summed E-state index contributed by atoms with van der Waals surface area (Å²) in [5.41, 5.74) is 2.79. The predicted octanol–water partition coefficient (Wildman–Crippen LogP) is 16.5. The van der Waals surface area contributed by atoms with Gasteiger partial charge in [-0.3, -0.25) is 4.90 Å². The minimum Gasteiger partial charge on any atom is -0.380 e. The number of allylic oxidation sites excluding steroid dienone is 3. The molecule has 5 rings (SSSR count). The van der Waals surface area contributed by atoms with Crippen LogP contribution in [0.15, 0.2) is 23.8 Å². The van der Waals surface area contributed by atoms with E-state index in [9.17, 15) is 0 Å². The monoisotopic (exact) mass is 864 g/mol. The lowest BCUT2D eigenvalue weighted by Gasteiger charge is -2.58. The van der Waals surface area contributed by atoms with Crippen molar-refractivity contribution in [3.63, 3.8) is 0 Å². The smallest absolute Gasteiger partial charge is 0.0644 e. The van der Waals surface area contributed by atoms with Crippen molar-refractivity contribution in [2.24, 2.45) is 46.3 Å². The Bertz CT molecular complexity index is 1220. The van der Waals surface area contributed by atoms with Crippen LogP contribution >= 0.6 is 0 Å². The third-order valence-corrected chi connectivity index (χ3v) is 17.9. The molecule has 0 N–H and O–H groups in total. The number of ether oxygens (including phenoxy) is 3. The van der Waals surface area contributed by atoms with Gasteiger partial charge in [-0.2, -0.15) is 0 Å². The Hall–Kier alpha value is -0.680. The van der Waals surface area contributed by atoms with Gasteiger partial charge >= 0.3 is 0 Å². The molecule has 0 bridgehead atoms. The van der Waals surface area contributed by atoms with Gasteiger partial charge in [0, 0.05) is 19.8 Å². The molecule has 62 heavy (non-hydrogen) atoms. The lowest BCUT2D eigenvalue weighted by atomic mass is 9.47. The van der Waals surface area contributed by atoms with E-state index in [-0.39, 0.29) is 0 Å². The Morgan fingerprint density at radius 3 is 1.92 bits per heavy atom. The van der Waals surface area contributed by atoms with Gasteiger partial charge in [0.1, 0.15) is 0 Å². The summed E-state index contributed by atoms with van der Waals surface area (Å²) in [5.74, 6) is 5.49. The minimum absolute atomic E-state index is 0.425. The molecule has 1 saturated heterocycles. The molecule has 0 aromatic heterocycles. The van der Waals surface area contributed by atoms with Crippen LogP contribution in [0.5, 0.6) is 0 Å². The average Bonchev–Trinajstić information content (AvgIpc) is 3.93. The fraction of sp³-hybridized carbons (Fsp3) is 0.931. The highest BCUT2D eigenvalue weighted by Crippen LogP contribution is 2.67. The van der Waals surface area contributed by atoms with E-state index in [4.69, 9.17) is 14.2 Å². The van der Waals surface area contributed by atoms with Crippen LogP contribution in [0.2, 0.25) is 0 Å². The van der Waals surface area contributed by atoms with E-state index in [2.05, 4.69) is 64.7 Å². The zero-order valence-corrected chi connectivity index (χ0v) is 42.4. The van der Waals surface area contributed by atoms with Crippen LogP contribution in [0.3, 0.4) is 0 Å². The number of hydrogen-bond acceptors (Lipinski definition) is 4. The molecule has 0 unspecified atom stereocenters. The van der Waals surface area contributed by atoms with Gasteiger partial charge in [0.05, 0.1) is 25.4 Å². The number of likely N-dealkylation sites (tertiary alicyclic amines) is 1. The summed E-state index contributed by atoms with van der Waals surface area (Å²) < 4.78 is 19.2. The molecule has 0 aromatic rings. The Kier molecular flexibility index (Phi) is 24.6. The first kappa shape index (κ1) is 52.3. The summed E-state index contributed by atoms with van der Waals surface area (Å²) in [6.07, 6.45) is 49.9. The zero-order chi connectivity index (χ0) is 43.9. The number of hydrogen-bond donors (Lipinski definition) is 0. The van der Waals surface area contributed by atoms with Crippen molar-refractivity contribution in [1.29, 1.82) is 0 Å². The zero-order valence-electron chi connectivity index (χ0n) is 42.4. The summed E-state index contributed by atoms with van der Waals surface area (Å²) in [7, 11) is 0. The Morgan fingerprint density at radius 2 is 1.27 bits per heavy atom. The molecule has 4 aliphatic carbocycles. The van der Waals surface area contributed by atoms with Crippen LogP contribution in [0.1, 0.15) is 241 Å². The highest BCUT2D eigenvalue weighted by atomic mass is 16.5. The normalized spacial score (nSPS) is 29.9. The average molecular weight is 864 g/mol. The molecule has 0 amide bonds. The topological polar surface area (TPSA) is 30.9 Å². The predicted molar refractivity (Wildman–Crippen MR) is 267 cm³/mol. The van der Waals surface area contributed by atoms with Crippen molar-refractivity contribution in [2.75, 3.05) is 46.1 Å². The SMILES string of the molecule is CCCCCCCC/C=C\CCCCCCCCOC[C@H](COCCCCCCO[C@H]1CC[C@@]2(C)C(=CC[C@H]3[C@@H]4CC[C@H]([C@H](C)CCCC(C)C)[C@@]4(C)CC[C@@H]32)C1)N1CCCC1. The van der Waals surface area contributed by atoms with Crippen LogP contribution in [-0.4, -0.2) is 63.2 Å². The summed E-state index contributed by atoms with van der Waals surface area (Å²) in [4.78, 5) is 2.63. The second kappa shape index (κ2) is 29.2. The van der Waals surface area contributed by atoms with Gasteiger partial charge in [0.2, 0.25) is 0 Å². The Labute approximate surface area is 386 Å². The molecule has 5 aliphatic rings. The van der Waals surface area contributed by atoms with Crippen molar-refractivity contribution in [2.45, 2.75) is 253 Å². The number of unbranched alkanes of at least 4 members (excludes halogenated alkanes) is 15. The minimum atomic E-state index is 0.425. The van der Waals surface area contributed by atoms with Gasteiger partial charge in [-0.15, -0.1) is 0 Å². The molecule has 0 radical (unpaired) electrons.